The molecule has 5 heteroatoms. The van der Waals surface area contributed by atoms with Gasteiger partial charge in [-0.05, 0) is 29.3 Å². The lowest BCUT2D eigenvalue weighted by molar-refractivity contribution is -0.274. The molecule has 1 aliphatic rings. The van der Waals surface area contributed by atoms with Crippen molar-refractivity contribution in [2.75, 3.05) is 0 Å². The summed E-state index contributed by atoms with van der Waals surface area (Å²) in [5, 5.41) is 3.13. The van der Waals surface area contributed by atoms with Gasteiger partial charge in [0.25, 0.3) is 0 Å². The van der Waals surface area contributed by atoms with Crippen LogP contribution in [-0.2, 0) is 6.54 Å². The summed E-state index contributed by atoms with van der Waals surface area (Å²) in [7, 11) is 0. The molecule has 0 radical (unpaired) electrons. The van der Waals surface area contributed by atoms with Crippen molar-refractivity contribution < 1.29 is 17.9 Å². The Balaban J connectivity index is 2.00. The minimum Gasteiger partial charge on any atom is -0.405 e. The topological polar surface area (TPSA) is 21.3 Å². The zero-order valence-electron chi connectivity index (χ0n) is 10.9. The molecule has 108 valence electrons. The van der Waals surface area contributed by atoms with E-state index in [2.05, 4.69) is 10.1 Å². The van der Waals surface area contributed by atoms with Gasteiger partial charge in [-0.3, -0.25) is 0 Å². The van der Waals surface area contributed by atoms with Crippen molar-refractivity contribution in [1.29, 1.82) is 0 Å². The van der Waals surface area contributed by atoms with E-state index in [1.807, 2.05) is 30.3 Å². The van der Waals surface area contributed by atoms with Crippen molar-refractivity contribution in [3.05, 3.63) is 65.2 Å². The van der Waals surface area contributed by atoms with Crippen molar-refractivity contribution >= 4 is 11.8 Å². The molecule has 1 N–H and O–H groups in total. The van der Waals surface area contributed by atoms with E-state index in [4.69, 9.17) is 0 Å². The predicted octanol–water partition coefficient (Wildman–Crippen LogP) is 4.19. The molecule has 0 bridgehead atoms. The number of rotatable bonds is 2. The Hall–Kier alpha value is -2.43. The molecule has 0 unspecified atom stereocenters. The predicted molar refractivity (Wildman–Crippen MR) is 74.3 cm³/mol. The van der Waals surface area contributed by atoms with Gasteiger partial charge in [-0.15, -0.1) is 13.2 Å². The van der Waals surface area contributed by atoms with E-state index in [9.17, 15) is 13.2 Å². The van der Waals surface area contributed by atoms with Crippen LogP contribution in [0.2, 0.25) is 0 Å². The summed E-state index contributed by atoms with van der Waals surface area (Å²) in [6.45, 7) is 0.572. The van der Waals surface area contributed by atoms with Gasteiger partial charge in [-0.2, -0.15) is 0 Å². The summed E-state index contributed by atoms with van der Waals surface area (Å²) in [4.78, 5) is 0. The highest BCUT2D eigenvalue weighted by atomic mass is 19.4. The number of benzene rings is 2. The van der Waals surface area contributed by atoms with Crippen molar-refractivity contribution in [1.82, 2.24) is 5.32 Å². The van der Waals surface area contributed by atoms with Crippen LogP contribution in [0.4, 0.5) is 13.2 Å². The van der Waals surface area contributed by atoms with Gasteiger partial charge in [0.1, 0.15) is 5.75 Å². The first-order valence-electron chi connectivity index (χ1n) is 6.41. The lowest BCUT2D eigenvalue weighted by Crippen LogP contribution is -2.21. The van der Waals surface area contributed by atoms with E-state index in [1.165, 1.54) is 12.1 Å². The number of halogens is 3. The number of alkyl halides is 3. The average molecular weight is 291 g/mol. The molecule has 3 rings (SSSR count). The van der Waals surface area contributed by atoms with Crippen molar-refractivity contribution in [2.45, 2.75) is 12.9 Å². The maximum absolute atomic E-state index is 12.5. The highest BCUT2D eigenvalue weighted by Gasteiger charge is 2.32. The van der Waals surface area contributed by atoms with E-state index < -0.39 is 6.36 Å². The SMILES string of the molecule is FC(F)(F)Oc1ccccc1C1=Cc2ccccc2CN1. The normalized spacial score (nSPS) is 14.0. The molecule has 21 heavy (non-hydrogen) atoms. The van der Waals surface area contributed by atoms with Gasteiger partial charge in [-0.1, -0.05) is 36.4 Å². The molecule has 2 aromatic rings. The van der Waals surface area contributed by atoms with Crippen LogP contribution in [0.5, 0.6) is 5.75 Å². The van der Waals surface area contributed by atoms with Crippen LogP contribution >= 0.6 is 0 Å². The Bertz CT molecular complexity index is 692. The average Bonchev–Trinajstić information content (AvgIpc) is 2.46. The maximum atomic E-state index is 12.5. The molecule has 2 aromatic carbocycles. The number of ether oxygens (including phenoxy) is 1. The van der Waals surface area contributed by atoms with Gasteiger partial charge in [0.15, 0.2) is 0 Å². The van der Waals surface area contributed by atoms with Gasteiger partial charge in [-0.25, -0.2) is 0 Å². The van der Waals surface area contributed by atoms with Crippen LogP contribution in [-0.4, -0.2) is 6.36 Å². The molecular formula is C16H12F3NO. The fourth-order valence-corrected chi connectivity index (χ4v) is 2.31. The second kappa shape index (κ2) is 5.16. The van der Waals surface area contributed by atoms with Gasteiger partial charge in [0, 0.05) is 17.8 Å². The largest absolute Gasteiger partial charge is 0.573 e. The van der Waals surface area contributed by atoms with Crippen LogP contribution in [0.3, 0.4) is 0 Å². The zero-order valence-corrected chi connectivity index (χ0v) is 10.9. The smallest absolute Gasteiger partial charge is 0.405 e. The first kappa shape index (κ1) is 13.5. The number of nitrogens with one attached hydrogen (secondary N) is 1. The van der Waals surface area contributed by atoms with Gasteiger partial charge >= 0.3 is 6.36 Å². The molecule has 1 aliphatic heterocycles. The van der Waals surface area contributed by atoms with E-state index in [-0.39, 0.29) is 5.75 Å². The number of fused-ring (bicyclic) bond motifs is 1. The lowest BCUT2D eigenvalue weighted by Gasteiger charge is -2.21. The summed E-state index contributed by atoms with van der Waals surface area (Å²) in [5.74, 6) is -0.205. The fraction of sp³-hybridized carbons (Fsp3) is 0.125. The standard InChI is InChI=1S/C16H12F3NO/c17-16(18,19)21-15-8-4-3-7-13(15)14-9-11-5-1-2-6-12(11)10-20-14/h1-9,20H,10H2. The first-order valence-corrected chi connectivity index (χ1v) is 6.41. The molecule has 0 saturated carbocycles. The van der Waals surface area contributed by atoms with Gasteiger partial charge in [0.05, 0.1) is 0 Å². The molecular weight excluding hydrogens is 279 g/mol. The Kier molecular flexibility index (Phi) is 3.33. The number of hydrogen-bond donors (Lipinski definition) is 1. The Labute approximate surface area is 119 Å². The number of para-hydroxylation sites is 1. The highest BCUT2D eigenvalue weighted by Crippen LogP contribution is 2.32. The minimum atomic E-state index is -4.71. The van der Waals surface area contributed by atoms with Crippen molar-refractivity contribution in [2.24, 2.45) is 0 Å². The molecule has 0 amide bonds. The van der Waals surface area contributed by atoms with Crippen LogP contribution in [0, 0.1) is 0 Å². The zero-order chi connectivity index (χ0) is 14.9. The third-order valence-electron chi connectivity index (χ3n) is 3.23. The van der Waals surface area contributed by atoms with Crippen LogP contribution < -0.4 is 10.1 Å². The Morgan fingerprint density at radius 2 is 1.67 bits per heavy atom. The molecule has 0 spiro atoms. The number of hydrogen-bond acceptors (Lipinski definition) is 2. The molecule has 0 saturated heterocycles. The Morgan fingerprint density at radius 3 is 2.48 bits per heavy atom. The third-order valence-corrected chi connectivity index (χ3v) is 3.23. The summed E-state index contributed by atoms with van der Waals surface area (Å²) in [6.07, 6.45) is -2.87. The summed E-state index contributed by atoms with van der Waals surface area (Å²) in [6, 6.07) is 13.9. The van der Waals surface area contributed by atoms with E-state index >= 15 is 0 Å². The van der Waals surface area contributed by atoms with Crippen LogP contribution in [0.25, 0.3) is 11.8 Å². The monoisotopic (exact) mass is 291 g/mol. The molecule has 0 atom stereocenters. The second-order valence-electron chi connectivity index (χ2n) is 4.65. The van der Waals surface area contributed by atoms with Crippen molar-refractivity contribution in [3.8, 4) is 5.75 Å². The maximum Gasteiger partial charge on any atom is 0.573 e. The molecule has 0 aromatic heterocycles. The summed E-state index contributed by atoms with van der Waals surface area (Å²) < 4.78 is 41.5. The van der Waals surface area contributed by atoms with Gasteiger partial charge < -0.3 is 10.1 Å². The minimum absolute atomic E-state index is 0.205. The molecule has 1 heterocycles. The lowest BCUT2D eigenvalue weighted by atomic mass is 9.99. The summed E-state index contributed by atoms with van der Waals surface area (Å²) in [5.41, 5.74) is 3.11. The molecule has 0 fully saturated rings. The van der Waals surface area contributed by atoms with E-state index in [0.29, 0.717) is 17.8 Å². The highest BCUT2D eigenvalue weighted by molar-refractivity contribution is 5.85. The van der Waals surface area contributed by atoms with E-state index in [1.54, 1.807) is 12.1 Å². The van der Waals surface area contributed by atoms with E-state index in [0.717, 1.165) is 11.1 Å². The summed E-state index contributed by atoms with van der Waals surface area (Å²) >= 11 is 0. The first-order chi connectivity index (χ1) is 10.0. The van der Waals surface area contributed by atoms with Crippen LogP contribution in [0.15, 0.2) is 48.5 Å². The van der Waals surface area contributed by atoms with Gasteiger partial charge in [0.2, 0.25) is 0 Å². The Morgan fingerprint density at radius 1 is 0.952 bits per heavy atom. The van der Waals surface area contributed by atoms with Crippen molar-refractivity contribution in [3.63, 3.8) is 0 Å². The molecule has 2 nitrogen and oxygen atoms in total. The van der Waals surface area contributed by atoms with Crippen LogP contribution in [0.1, 0.15) is 16.7 Å². The second-order valence-corrected chi connectivity index (χ2v) is 4.65. The fourth-order valence-electron chi connectivity index (χ4n) is 2.31. The third kappa shape index (κ3) is 3.02. The molecule has 0 aliphatic carbocycles. The quantitative estimate of drug-likeness (QED) is 0.896.